The molecule has 88 valence electrons. The predicted octanol–water partition coefficient (Wildman–Crippen LogP) is 3.37. The fourth-order valence-corrected chi connectivity index (χ4v) is 2.61. The summed E-state index contributed by atoms with van der Waals surface area (Å²) in [5.41, 5.74) is 0.657. The van der Waals surface area contributed by atoms with Gasteiger partial charge in [0, 0.05) is 12.3 Å². The van der Waals surface area contributed by atoms with Crippen LogP contribution in [0.1, 0.15) is 39.5 Å². The average molecular weight is 227 g/mol. The zero-order valence-corrected chi connectivity index (χ0v) is 11.1. The van der Waals surface area contributed by atoms with Crippen molar-refractivity contribution in [2.75, 3.05) is 25.4 Å². The molecule has 0 bridgehead atoms. The topological polar surface area (TPSA) is 3.24 Å². The highest BCUT2D eigenvalue weighted by atomic mass is 32.1. The van der Waals surface area contributed by atoms with E-state index >= 15 is 0 Å². The van der Waals surface area contributed by atoms with E-state index in [0.29, 0.717) is 5.41 Å². The second kappa shape index (κ2) is 6.59. The van der Waals surface area contributed by atoms with Gasteiger partial charge in [-0.3, -0.25) is 4.90 Å². The standard InChI is InChI=1S/C13H25NS/c1-3-13(4-2)7-10-14(11-8-13)9-5-6-12-15/h5-6,15H,3-4,7-12H2,1-2H3. The second-order valence-electron chi connectivity index (χ2n) is 4.66. The molecule has 1 heterocycles. The van der Waals surface area contributed by atoms with Crippen molar-refractivity contribution >= 4 is 12.6 Å². The summed E-state index contributed by atoms with van der Waals surface area (Å²) < 4.78 is 0. The second-order valence-corrected chi connectivity index (χ2v) is 5.03. The first kappa shape index (κ1) is 13.1. The summed E-state index contributed by atoms with van der Waals surface area (Å²) in [4.78, 5) is 2.56. The molecule has 0 N–H and O–H groups in total. The monoisotopic (exact) mass is 227 g/mol. The van der Waals surface area contributed by atoms with Crippen LogP contribution in [-0.4, -0.2) is 30.3 Å². The molecule has 0 radical (unpaired) electrons. The van der Waals surface area contributed by atoms with E-state index in [1.807, 2.05) is 0 Å². The van der Waals surface area contributed by atoms with Gasteiger partial charge in [-0.05, 0) is 31.3 Å². The molecular weight excluding hydrogens is 202 g/mol. The third-order valence-electron chi connectivity index (χ3n) is 4.05. The molecule has 0 spiro atoms. The highest BCUT2D eigenvalue weighted by Crippen LogP contribution is 2.37. The van der Waals surface area contributed by atoms with E-state index in [2.05, 4.69) is 43.5 Å². The van der Waals surface area contributed by atoms with Crippen molar-refractivity contribution in [3.63, 3.8) is 0 Å². The molecule has 0 aromatic heterocycles. The maximum Gasteiger partial charge on any atom is 0.0163 e. The van der Waals surface area contributed by atoms with Gasteiger partial charge in [0.15, 0.2) is 0 Å². The minimum Gasteiger partial charge on any atom is -0.300 e. The summed E-state index contributed by atoms with van der Waals surface area (Å²) in [5, 5.41) is 0. The number of nitrogens with zero attached hydrogens (tertiary/aromatic N) is 1. The molecule has 0 amide bonds. The minimum absolute atomic E-state index is 0.657. The van der Waals surface area contributed by atoms with Crippen LogP contribution < -0.4 is 0 Å². The van der Waals surface area contributed by atoms with Gasteiger partial charge in [0.2, 0.25) is 0 Å². The molecule has 1 aliphatic rings. The summed E-state index contributed by atoms with van der Waals surface area (Å²) in [7, 11) is 0. The lowest BCUT2D eigenvalue weighted by atomic mass is 9.74. The highest BCUT2D eigenvalue weighted by Gasteiger charge is 2.30. The zero-order chi connectivity index (χ0) is 11.1. The molecule has 0 aromatic rings. The van der Waals surface area contributed by atoms with Gasteiger partial charge in [-0.1, -0.05) is 38.8 Å². The van der Waals surface area contributed by atoms with E-state index in [1.54, 1.807) is 0 Å². The SMILES string of the molecule is CCC1(CC)CCN(CC=CCS)CC1. The van der Waals surface area contributed by atoms with Crippen molar-refractivity contribution in [1.29, 1.82) is 0 Å². The van der Waals surface area contributed by atoms with Crippen molar-refractivity contribution in [3.05, 3.63) is 12.2 Å². The predicted molar refractivity (Wildman–Crippen MR) is 71.7 cm³/mol. The summed E-state index contributed by atoms with van der Waals surface area (Å²) in [6.45, 7) is 8.36. The Morgan fingerprint density at radius 1 is 1.13 bits per heavy atom. The molecule has 0 aliphatic carbocycles. The van der Waals surface area contributed by atoms with Crippen LogP contribution in [0.25, 0.3) is 0 Å². The van der Waals surface area contributed by atoms with Gasteiger partial charge < -0.3 is 0 Å². The molecule has 1 nitrogen and oxygen atoms in total. The Morgan fingerprint density at radius 3 is 2.20 bits per heavy atom. The number of thiol groups is 1. The van der Waals surface area contributed by atoms with Gasteiger partial charge in [0.05, 0.1) is 0 Å². The van der Waals surface area contributed by atoms with Crippen LogP contribution in [-0.2, 0) is 0 Å². The minimum atomic E-state index is 0.657. The van der Waals surface area contributed by atoms with Crippen LogP contribution in [0.3, 0.4) is 0 Å². The van der Waals surface area contributed by atoms with Crippen LogP contribution in [0.2, 0.25) is 0 Å². The molecule has 2 heteroatoms. The fourth-order valence-electron chi connectivity index (χ4n) is 2.47. The lowest BCUT2D eigenvalue weighted by Gasteiger charge is -2.40. The first-order valence-corrected chi connectivity index (χ1v) is 6.88. The average Bonchev–Trinajstić information content (AvgIpc) is 2.31. The van der Waals surface area contributed by atoms with Crippen LogP contribution in [0.5, 0.6) is 0 Å². The summed E-state index contributed by atoms with van der Waals surface area (Å²) in [6.07, 6.45) is 9.86. The molecule has 0 saturated carbocycles. The maximum absolute atomic E-state index is 4.17. The van der Waals surface area contributed by atoms with Gasteiger partial charge >= 0.3 is 0 Å². The molecule has 0 atom stereocenters. The smallest absolute Gasteiger partial charge is 0.0163 e. The van der Waals surface area contributed by atoms with Gasteiger partial charge in [-0.2, -0.15) is 12.6 Å². The quantitative estimate of drug-likeness (QED) is 0.557. The van der Waals surface area contributed by atoms with Crippen LogP contribution >= 0.6 is 12.6 Å². The van der Waals surface area contributed by atoms with E-state index in [4.69, 9.17) is 0 Å². The van der Waals surface area contributed by atoms with Crippen molar-refractivity contribution in [1.82, 2.24) is 4.90 Å². The van der Waals surface area contributed by atoms with E-state index < -0.39 is 0 Å². The van der Waals surface area contributed by atoms with Crippen LogP contribution in [0.15, 0.2) is 12.2 Å². The Labute approximate surface area is 100 Å². The number of rotatable bonds is 5. The molecule has 1 saturated heterocycles. The Balaban J connectivity index is 2.31. The van der Waals surface area contributed by atoms with Crippen LogP contribution in [0.4, 0.5) is 0 Å². The van der Waals surface area contributed by atoms with Crippen molar-refractivity contribution in [2.45, 2.75) is 39.5 Å². The van der Waals surface area contributed by atoms with Crippen molar-refractivity contribution in [2.24, 2.45) is 5.41 Å². The van der Waals surface area contributed by atoms with E-state index in [0.717, 1.165) is 12.3 Å². The summed E-state index contributed by atoms with van der Waals surface area (Å²) in [5.74, 6) is 0.863. The van der Waals surface area contributed by atoms with Gasteiger partial charge in [0.25, 0.3) is 0 Å². The molecule has 0 unspecified atom stereocenters. The lowest BCUT2D eigenvalue weighted by Crippen LogP contribution is -2.39. The fraction of sp³-hybridized carbons (Fsp3) is 0.846. The van der Waals surface area contributed by atoms with Crippen molar-refractivity contribution < 1.29 is 0 Å². The number of hydrogen-bond acceptors (Lipinski definition) is 2. The largest absolute Gasteiger partial charge is 0.300 e. The number of hydrogen-bond donors (Lipinski definition) is 1. The molecule has 1 rings (SSSR count). The molecule has 0 aromatic carbocycles. The van der Waals surface area contributed by atoms with Crippen molar-refractivity contribution in [3.8, 4) is 0 Å². The molecule has 15 heavy (non-hydrogen) atoms. The zero-order valence-electron chi connectivity index (χ0n) is 10.2. The van der Waals surface area contributed by atoms with E-state index in [-0.39, 0.29) is 0 Å². The third-order valence-corrected chi connectivity index (χ3v) is 4.26. The Kier molecular flexibility index (Phi) is 5.77. The number of piperidine rings is 1. The summed E-state index contributed by atoms with van der Waals surface area (Å²) >= 11 is 4.17. The molecular formula is C13H25NS. The highest BCUT2D eigenvalue weighted by molar-refractivity contribution is 7.80. The van der Waals surface area contributed by atoms with Crippen LogP contribution in [0, 0.1) is 5.41 Å². The lowest BCUT2D eigenvalue weighted by molar-refractivity contribution is 0.103. The normalized spacial score (nSPS) is 22.3. The Hall–Kier alpha value is 0.0500. The number of likely N-dealkylation sites (tertiary alicyclic amines) is 1. The molecule has 1 aliphatic heterocycles. The van der Waals surface area contributed by atoms with Gasteiger partial charge in [0.1, 0.15) is 0 Å². The Bertz CT molecular complexity index is 187. The van der Waals surface area contributed by atoms with Gasteiger partial charge in [-0.25, -0.2) is 0 Å². The molecule has 1 fully saturated rings. The first-order valence-electron chi connectivity index (χ1n) is 6.24. The van der Waals surface area contributed by atoms with E-state index in [1.165, 1.54) is 38.8 Å². The first-order chi connectivity index (χ1) is 7.26. The Morgan fingerprint density at radius 2 is 1.73 bits per heavy atom. The van der Waals surface area contributed by atoms with Gasteiger partial charge in [-0.15, -0.1) is 0 Å². The van der Waals surface area contributed by atoms with E-state index in [9.17, 15) is 0 Å². The maximum atomic E-state index is 4.17. The third kappa shape index (κ3) is 3.84. The summed E-state index contributed by atoms with van der Waals surface area (Å²) in [6, 6.07) is 0.